The van der Waals surface area contributed by atoms with Crippen LogP contribution in [0.5, 0.6) is 0 Å². The molecule has 0 unspecified atom stereocenters. The van der Waals surface area contributed by atoms with E-state index in [1.54, 1.807) is 6.92 Å². The number of anilines is 1. The van der Waals surface area contributed by atoms with Crippen molar-refractivity contribution in [1.82, 2.24) is 0 Å². The Morgan fingerprint density at radius 1 is 1.39 bits per heavy atom. The Kier molecular flexibility index (Phi) is 3.21. The monoisotopic (exact) mass is 254 g/mol. The van der Waals surface area contributed by atoms with Crippen LogP contribution in [0.1, 0.15) is 19.8 Å². The van der Waals surface area contributed by atoms with E-state index in [-0.39, 0.29) is 5.69 Å². The molecule has 98 valence electrons. The molecule has 0 atom stereocenters. The van der Waals surface area contributed by atoms with Crippen molar-refractivity contribution in [3.05, 3.63) is 34.1 Å². The second-order valence-corrected chi connectivity index (χ2v) is 4.91. The van der Waals surface area contributed by atoms with Crippen molar-refractivity contribution in [2.45, 2.75) is 25.4 Å². The number of hydrogen-bond acceptors (Lipinski definition) is 4. The fourth-order valence-electron chi connectivity index (χ4n) is 2.09. The van der Waals surface area contributed by atoms with E-state index in [4.69, 9.17) is 0 Å². The fourth-order valence-corrected chi connectivity index (χ4v) is 2.09. The summed E-state index contributed by atoms with van der Waals surface area (Å²) in [4.78, 5) is 11.9. The lowest BCUT2D eigenvalue weighted by Crippen LogP contribution is -2.42. The molecule has 0 bridgehead atoms. The number of rotatable bonds is 2. The third-order valence-electron chi connectivity index (χ3n) is 3.28. The Bertz CT molecular complexity index is 466. The number of nitro groups is 1. The number of halogens is 1. The van der Waals surface area contributed by atoms with E-state index in [1.165, 1.54) is 12.1 Å². The molecule has 1 fully saturated rings. The van der Waals surface area contributed by atoms with Gasteiger partial charge < -0.3 is 10.0 Å². The normalized spacial score (nSPS) is 18.7. The van der Waals surface area contributed by atoms with E-state index in [9.17, 15) is 19.6 Å². The smallest absolute Gasteiger partial charge is 0.274 e. The number of hydrogen-bond donors (Lipinski definition) is 1. The minimum Gasteiger partial charge on any atom is -0.390 e. The van der Waals surface area contributed by atoms with Crippen LogP contribution in [-0.2, 0) is 0 Å². The van der Waals surface area contributed by atoms with Gasteiger partial charge in [0.15, 0.2) is 0 Å². The molecule has 1 aromatic rings. The average Bonchev–Trinajstić information content (AvgIpc) is 2.28. The summed E-state index contributed by atoms with van der Waals surface area (Å²) >= 11 is 0. The maximum Gasteiger partial charge on any atom is 0.274 e. The van der Waals surface area contributed by atoms with E-state index >= 15 is 0 Å². The van der Waals surface area contributed by atoms with E-state index in [0.717, 1.165) is 6.07 Å². The van der Waals surface area contributed by atoms with Crippen molar-refractivity contribution in [2.24, 2.45) is 0 Å². The predicted molar refractivity (Wildman–Crippen MR) is 65.1 cm³/mol. The van der Waals surface area contributed by atoms with Gasteiger partial charge in [-0.05, 0) is 25.8 Å². The highest BCUT2D eigenvalue weighted by Crippen LogP contribution is 2.28. The number of non-ortho nitro benzene ring substituents is 1. The van der Waals surface area contributed by atoms with Crippen LogP contribution in [0, 0.1) is 15.9 Å². The highest BCUT2D eigenvalue weighted by molar-refractivity contribution is 5.54. The molecular formula is C12H15FN2O3. The Morgan fingerprint density at radius 3 is 2.56 bits per heavy atom. The van der Waals surface area contributed by atoms with E-state index in [0.29, 0.717) is 31.6 Å². The number of piperidine rings is 1. The van der Waals surface area contributed by atoms with Crippen molar-refractivity contribution in [3.8, 4) is 0 Å². The Hall–Kier alpha value is -1.69. The fraction of sp³-hybridized carbons (Fsp3) is 0.500. The first-order valence-corrected chi connectivity index (χ1v) is 5.80. The van der Waals surface area contributed by atoms with Crippen LogP contribution in [0.3, 0.4) is 0 Å². The molecule has 1 aromatic carbocycles. The molecule has 0 spiro atoms. The van der Waals surface area contributed by atoms with E-state index in [1.807, 2.05) is 4.90 Å². The summed E-state index contributed by atoms with van der Waals surface area (Å²) in [5.74, 6) is -0.614. The van der Waals surface area contributed by atoms with Gasteiger partial charge in [0, 0.05) is 24.8 Å². The molecule has 18 heavy (non-hydrogen) atoms. The van der Waals surface area contributed by atoms with E-state index in [2.05, 4.69) is 0 Å². The van der Waals surface area contributed by atoms with Crippen molar-refractivity contribution in [1.29, 1.82) is 0 Å². The molecular weight excluding hydrogens is 239 g/mol. The van der Waals surface area contributed by atoms with Crippen LogP contribution < -0.4 is 4.90 Å². The van der Waals surface area contributed by atoms with Gasteiger partial charge in [-0.15, -0.1) is 0 Å². The highest BCUT2D eigenvalue weighted by atomic mass is 19.1. The SMILES string of the molecule is CC1(O)CCN(c2cc(F)cc([N+](=O)[O-])c2)CC1. The minimum absolute atomic E-state index is 0.248. The maximum absolute atomic E-state index is 13.3. The predicted octanol–water partition coefficient (Wildman–Crippen LogP) is 2.09. The summed E-state index contributed by atoms with van der Waals surface area (Å²) in [7, 11) is 0. The largest absolute Gasteiger partial charge is 0.390 e. The van der Waals surface area contributed by atoms with Crippen LogP contribution in [-0.4, -0.2) is 28.7 Å². The van der Waals surface area contributed by atoms with Gasteiger partial charge in [0.1, 0.15) is 5.82 Å². The van der Waals surface area contributed by atoms with Crippen molar-refractivity contribution < 1.29 is 14.4 Å². The Morgan fingerprint density at radius 2 is 2.00 bits per heavy atom. The van der Waals surface area contributed by atoms with Crippen LogP contribution in [0.2, 0.25) is 0 Å². The van der Waals surface area contributed by atoms with Gasteiger partial charge in [0.2, 0.25) is 0 Å². The zero-order chi connectivity index (χ0) is 13.3. The molecule has 0 aromatic heterocycles. The highest BCUT2D eigenvalue weighted by Gasteiger charge is 2.28. The first-order chi connectivity index (χ1) is 8.37. The van der Waals surface area contributed by atoms with Gasteiger partial charge >= 0.3 is 0 Å². The lowest BCUT2D eigenvalue weighted by molar-refractivity contribution is -0.385. The molecule has 1 aliphatic rings. The molecule has 2 rings (SSSR count). The zero-order valence-corrected chi connectivity index (χ0v) is 10.1. The Balaban J connectivity index is 2.21. The summed E-state index contributed by atoms with van der Waals surface area (Å²) in [6, 6.07) is 3.56. The molecule has 1 heterocycles. The maximum atomic E-state index is 13.3. The first-order valence-electron chi connectivity index (χ1n) is 5.80. The lowest BCUT2D eigenvalue weighted by atomic mass is 9.93. The van der Waals surface area contributed by atoms with Crippen LogP contribution >= 0.6 is 0 Å². The molecule has 5 nitrogen and oxygen atoms in total. The third-order valence-corrected chi connectivity index (χ3v) is 3.28. The van der Waals surface area contributed by atoms with Gasteiger partial charge in [-0.1, -0.05) is 0 Å². The second-order valence-electron chi connectivity index (χ2n) is 4.91. The van der Waals surface area contributed by atoms with Crippen molar-refractivity contribution >= 4 is 11.4 Å². The molecule has 1 aliphatic heterocycles. The Labute approximate surface area is 104 Å². The number of aliphatic hydroxyl groups is 1. The average molecular weight is 254 g/mol. The van der Waals surface area contributed by atoms with Crippen molar-refractivity contribution in [2.75, 3.05) is 18.0 Å². The van der Waals surface area contributed by atoms with Crippen LogP contribution in [0.15, 0.2) is 18.2 Å². The van der Waals surface area contributed by atoms with Crippen LogP contribution in [0.4, 0.5) is 15.8 Å². The minimum atomic E-state index is -0.699. The van der Waals surface area contributed by atoms with Gasteiger partial charge in [0.25, 0.3) is 5.69 Å². The summed E-state index contributed by atoms with van der Waals surface area (Å²) < 4.78 is 13.3. The number of benzene rings is 1. The number of nitrogens with zero attached hydrogens (tertiary/aromatic N) is 2. The number of nitro benzene ring substituents is 1. The molecule has 1 saturated heterocycles. The second kappa shape index (κ2) is 4.53. The summed E-state index contributed by atoms with van der Waals surface area (Å²) in [5.41, 5.74) is -0.449. The topological polar surface area (TPSA) is 66.6 Å². The molecule has 0 radical (unpaired) electrons. The quantitative estimate of drug-likeness (QED) is 0.648. The molecule has 0 aliphatic carbocycles. The zero-order valence-electron chi connectivity index (χ0n) is 10.1. The molecule has 6 heteroatoms. The molecule has 0 amide bonds. The summed E-state index contributed by atoms with van der Waals surface area (Å²) in [5, 5.41) is 20.5. The van der Waals surface area contributed by atoms with Gasteiger partial charge in [-0.3, -0.25) is 10.1 Å². The third kappa shape index (κ3) is 2.76. The standard InChI is InChI=1S/C12H15FN2O3/c1-12(16)2-4-14(5-3-12)10-6-9(13)7-11(8-10)15(17)18/h6-8,16H,2-5H2,1H3. The molecule has 1 N–H and O–H groups in total. The van der Waals surface area contributed by atoms with Gasteiger partial charge in [-0.2, -0.15) is 0 Å². The van der Waals surface area contributed by atoms with Gasteiger partial charge in [-0.25, -0.2) is 4.39 Å². The summed E-state index contributed by atoms with van der Waals surface area (Å²) in [6.45, 7) is 2.89. The van der Waals surface area contributed by atoms with Gasteiger partial charge in [0.05, 0.1) is 16.6 Å². The van der Waals surface area contributed by atoms with Crippen LogP contribution in [0.25, 0.3) is 0 Å². The molecule has 0 saturated carbocycles. The summed E-state index contributed by atoms with van der Waals surface area (Å²) in [6.07, 6.45) is 1.13. The lowest BCUT2D eigenvalue weighted by Gasteiger charge is -2.37. The van der Waals surface area contributed by atoms with Crippen molar-refractivity contribution in [3.63, 3.8) is 0 Å². The first kappa shape index (κ1) is 12.8. The van der Waals surface area contributed by atoms with E-state index < -0.39 is 16.3 Å².